The minimum absolute atomic E-state index is 0.116. The second-order valence-corrected chi connectivity index (χ2v) is 11.4. The summed E-state index contributed by atoms with van der Waals surface area (Å²) in [7, 11) is -0.464. The van der Waals surface area contributed by atoms with Gasteiger partial charge in [-0.05, 0) is 38.0 Å². The lowest BCUT2D eigenvalue weighted by Gasteiger charge is -2.36. The Balaban J connectivity index is 1.64. The highest BCUT2D eigenvalue weighted by Gasteiger charge is 2.32. The third kappa shape index (κ3) is 5.64. The van der Waals surface area contributed by atoms with E-state index in [-0.39, 0.29) is 23.5 Å². The molecule has 2 atom stereocenters. The Kier molecular flexibility index (Phi) is 8.02. The molecule has 1 aliphatic carbocycles. The Bertz CT molecular complexity index is 1200. The quantitative estimate of drug-likeness (QED) is 0.521. The van der Waals surface area contributed by atoms with E-state index in [1.165, 1.54) is 27.4 Å². The number of ether oxygens (including phenoxy) is 2. The fourth-order valence-corrected chi connectivity index (χ4v) is 5.78. The summed E-state index contributed by atoms with van der Waals surface area (Å²) in [6, 6.07) is 6.92. The predicted octanol–water partition coefficient (Wildman–Crippen LogP) is 2.15. The highest BCUT2D eigenvalue weighted by atomic mass is 35.5. The molecule has 0 amide bonds. The van der Waals surface area contributed by atoms with E-state index in [0.717, 1.165) is 12.8 Å². The molecule has 0 spiro atoms. The molecule has 1 aromatic carbocycles. The number of anilines is 1. The first kappa shape index (κ1) is 25.9. The van der Waals surface area contributed by atoms with Crippen molar-refractivity contribution in [3.8, 4) is 11.4 Å². The summed E-state index contributed by atoms with van der Waals surface area (Å²) in [6.07, 6.45) is 3.96. The molecule has 192 valence electrons. The molecule has 35 heavy (non-hydrogen) atoms. The van der Waals surface area contributed by atoms with Crippen LogP contribution in [0.3, 0.4) is 0 Å². The van der Waals surface area contributed by atoms with Crippen molar-refractivity contribution in [3.05, 3.63) is 45.8 Å². The average molecular weight is 526 g/mol. The van der Waals surface area contributed by atoms with Gasteiger partial charge in [0, 0.05) is 58.3 Å². The van der Waals surface area contributed by atoms with Crippen LogP contribution >= 0.6 is 11.6 Å². The fourth-order valence-electron chi connectivity index (χ4n) is 4.51. The fraction of sp³-hybridized carbons (Fsp3) is 0.565. The van der Waals surface area contributed by atoms with Crippen LogP contribution in [-0.4, -0.2) is 85.9 Å². The molecule has 1 saturated heterocycles. The number of benzene rings is 1. The average Bonchev–Trinajstić information content (AvgIpc) is 3.27. The Morgan fingerprint density at radius 1 is 1.14 bits per heavy atom. The van der Waals surface area contributed by atoms with E-state index in [0.29, 0.717) is 55.6 Å². The van der Waals surface area contributed by atoms with Gasteiger partial charge in [0.05, 0.1) is 18.0 Å². The van der Waals surface area contributed by atoms with Crippen molar-refractivity contribution in [2.75, 3.05) is 51.8 Å². The van der Waals surface area contributed by atoms with Crippen LogP contribution in [0.15, 0.2) is 35.3 Å². The molecular formula is C23H32ClN5O5S. The van der Waals surface area contributed by atoms with Crippen molar-refractivity contribution < 1.29 is 17.9 Å². The lowest BCUT2D eigenvalue weighted by molar-refractivity contribution is 0.0588. The topological polar surface area (TPSA) is 97.2 Å². The highest BCUT2D eigenvalue weighted by Crippen LogP contribution is 2.31. The molecule has 2 fully saturated rings. The van der Waals surface area contributed by atoms with Gasteiger partial charge in [-0.15, -0.1) is 0 Å². The van der Waals surface area contributed by atoms with Gasteiger partial charge in [-0.2, -0.15) is 26.8 Å². The second kappa shape index (κ2) is 10.8. The van der Waals surface area contributed by atoms with Crippen molar-refractivity contribution in [2.45, 2.75) is 38.4 Å². The zero-order valence-electron chi connectivity index (χ0n) is 20.3. The highest BCUT2D eigenvalue weighted by molar-refractivity contribution is 7.86. The van der Waals surface area contributed by atoms with Gasteiger partial charge < -0.3 is 14.4 Å². The summed E-state index contributed by atoms with van der Waals surface area (Å²) in [6.45, 7) is 4.03. The molecule has 2 heterocycles. The minimum Gasteiger partial charge on any atom is -0.483 e. The maximum absolute atomic E-state index is 13.6. The summed E-state index contributed by atoms with van der Waals surface area (Å²) in [5.74, 6) is 0.214. The summed E-state index contributed by atoms with van der Waals surface area (Å²) in [4.78, 5) is 15.6. The standard InChI is InChI=1S/C23H32ClN5O5S/c1-4-33-19-8-9-20(15-19)34-22-21(27-10-12-28(13-11-27)35(31,32)26(2)3)16-25-29(23(22)30)18-7-5-6-17(24)14-18/h5-7,14,16,19-20H,4,8-13,15H2,1-3H3. The van der Waals surface area contributed by atoms with Crippen LogP contribution in [-0.2, 0) is 14.9 Å². The van der Waals surface area contributed by atoms with Crippen molar-refractivity contribution in [1.82, 2.24) is 18.4 Å². The first-order valence-corrected chi connectivity index (χ1v) is 13.6. The monoisotopic (exact) mass is 525 g/mol. The maximum Gasteiger partial charge on any atom is 0.316 e. The molecule has 10 nitrogen and oxygen atoms in total. The first-order chi connectivity index (χ1) is 16.7. The molecule has 1 saturated carbocycles. The summed E-state index contributed by atoms with van der Waals surface area (Å²) >= 11 is 6.14. The van der Waals surface area contributed by atoms with E-state index in [1.807, 2.05) is 11.8 Å². The van der Waals surface area contributed by atoms with Crippen LogP contribution in [0.4, 0.5) is 5.69 Å². The summed E-state index contributed by atoms with van der Waals surface area (Å²) < 4.78 is 41.0. The van der Waals surface area contributed by atoms with Crippen molar-refractivity contribution in [2.24, 2.45) is 0 Å². The molecule has 2 unspecified atom stereocenters. The van der Waals surface area contributed by atoms with Gasteiger partial charge in [-0.1, -0.05) is 17.7 Å². The Morgan fingerprint density at radius 3 is 2.51 bits per heavy atom. The normalized spacial score (nSPS) is 21.6. The van der Waals surface area contributed by atoms with Gasteiger partial charge in [-0.3, -0.25) is 4.79 Å². The molecule has 1 aliphatic heterocycles. The number of hydrogen-bond acceptors (Lipinski definition) is 7. The number of aromatic nitrogens is 2. The van der Waals surface area contributed by atoms with E-state index < -0.39 is 10.2 Å². The third-order valence-electron chi connectivity index (χ3n) is 6.36. The zero-order chi connectivity index (χ0) is 25.2. The number of halogens is 1. The predicted molar refractivity (Wildman–Crippen MR) is 135 cm³/mol. The molecule has 0 radical (unpaired) electrons. The smallest absolute Gasteiger partial charge is 0.316 e. The van der Waals surface area contributed by atoms with E-state index in [2.05, 4.69) is 5.10 Å². The molecule has 1 aromatic heterocycles. The number of rotatable bonds is 8. The first-order valence-electron chi connectivity index (χ1n) is 11.8. The SMILES string of the molecule is CCOC1CCC(Oc2c(N3CCN(S(=O)(=O)N(C)C)CC3)cnn(-c3cccc(Cl)c3)c2=O)C1. The molecule has 0 bridgehead atoms. The Morgan fingerprint density at radius 2 is 1.86 bits per heavy atom. The molecule has 2 aliphatic rings. The molecule has 0 N–H and O–H groups in total. The summed E-state index contributed by atoms with van der Waals surface area (Å²) in [5, 5.41) is 4.90. The number of piperazine rings is 1. The maximum atomic E-state index is 13.6. The van der Waals surface area contributed by atoms with Crippen molar-refractivity contribution in [1.29, 1.82) is 0 Å². The molecular weight excluding hydrogens is 494 g/mol. The van der Waals surface area contributed by atoms with Gasteiger partial charge >= 0.3 is 5.56 Å². The van der Waals surface area contributed by atoms with Gasteiger partial charge in [0.15, 0.2) is 0 Å². The van der Waals surface area contributed by atoms with Crippen molar-refractivity contribution in [3.63, 3.8) is 0 Å². The van der Waals surface area contributed by atoms with Crippen LogP contribution < -0.4 is 15.2 Å². The second-order valence-electron chi connectivity index (χ2n) is 8.86. The van der Waals surface area contributed by atoms with Crippen LogP contribution in [0.5, 0.6) is 5.75 Å². The van der Waals surface area contributed by atoms with Gasteiger partial charge in [-0.25, -0.2) is 0 Å². The largest absolute Gasteiger partial charge is 0.483 e. The van der Waals surface area contributed by atoms with Gasteiger partial charge in [0.1, 0.15) is 11.8 Å². The zero-order valence-corrected chi connectivity index (χ0v) is 21.8. The minimum atomic E-state index is -3.50. The Hall–Kier alpha value is -2.18. The number of hydrogen-bond donors (Lipinski definition) is 0. The third-order valence-corrected chi connectivity index (χ3v) is 8.53. The lowest BCUT2D eigenvalue weighted by atomic mass is 10.2. The van der Waals surface area contributed by atoms with E-state index in [4.69, 9.17) is 21.1 Å². The number of nitrogens with zero attached hydrogens (tertiary/aromatic N) is 5. The Labute approximate surface area is 211 Å². The molecule has 12 heteroatoms. The molecule has 2 aromatic rings. The van der Waals surface area contributed by atoms with Gasteiger partial charge in [0.25, 0.3) is 10.2 Å². The summed E-state index contributed by atoms with van der Waals surface area (Å²) in [5.41, 5.74) is 0.724. The van der Waals surface area contributed by atoms with Crippen LogP contribution in [0.25, 0.3) is 5.69 Å². The van der Waals surface area contributed by atoms with Crippen LogP contribution in [0.1, 0.15) is 26.2 Å². The van der Waals surface area contributed by atoms with E-state index in [9.17, 15) is 13.2 Å². The molecule has 4 rings (SSSR count). The van der Waals surface area contributed by atoms with Crippen LogP contribution in [0, 0.1) is 0 Å². The van der Waals surface area contributed by atoms with E-state index >= 15 is 0 Å². The van der Waals surface area contributed by atoms with Gasteiger partial charge in [0.2, 0.25) is 5.75 Å². The lowest BCUT2D eigenvalue weighted by Crippen LogP contribution is -2.52. The van der Waals surface area contributed by atoms with Crippen molar-refractivity contribution >= 4 is 27.5 Å². The van der Waals surface area contributed by atoms with E-state index in [1.54, 1.807) is 30.5 Å². The van der Waals surface area contributed by atoms with Crippen LogP contribution in [0.2, 0.25) is 5.02 Å².